The summed E-state index contributed by atoms with van der Waals surface area (Å²) >= 11 is 0. The first-order valence-electron chi connectivity index (χ1n) is 5.26. The Kier molecular flexibility index (Phi) is 3.22. The van der Waals surface area contributed by atoms with Gasteiger partial charge in [0.25, 0.3) is 0 Å². The summed E-state index contributed by atoms with van der Waals surface area (Å²) in [7, 11) is 1.64. The maximum absolute atomic E-state index is 11.0. The monoisotopic (exact) mass is 248 g/mol. The summed E-state index contributed by atoms with van der Waals surface area (Å²) in [5.74, 6) is -0.331. The molecule has 0 bridgehead atoms. The fraction of sp³-hybridized carbons (Fsp3) is 0.273. The van der Waals surface area contributed by atoms with Crippen LogP contribution in [0.4, 0.5) is 0 Å². The van der Waals surface area contributed by atoms with E-state index in [2.05, 4.69) is 15.4 Å². The average Bonchev–Trinajstić information content (AvgIpc) is 2.72. The van der Waals surface area contributed by atoms with Gasteiger partial charge in [0.1, 0.15) is 11.3 Å². The van der Waals surface area contributed by atoms with Gasteiger partial charge < -0.3 is 9.84 Å². The predicted octanol–water partition coefficient (Wildman–Crippen LogP) is 0.796. The maximum atomic E-state index is 11.0. The van der Waals surface area contributed by atoms with Crippen LogP contribution in [0, 0.1) is 6.92 Å². The Bertz CT molecular complexity index is 579. The van der Waals surface area contributed by atoms with E-state index in [1.165, 1.54) is 10.9 Å². The van der Waals surface area contributed by atoms with Crippen molar-refractivity contribution in [2.45, 2.75) is 13.5 Å². The lowest BCUT2D eigenvalue weighted by Crippen LogP contribution is -2.05. The smallest absolute Gasteiger partial charge is 0.339 e. The van der Waals surface area contributed by atoms with Crippen molar-refractivity contribution in [1.29, 1.82) is 0 Å². The van der Waals surface area contributed by atoms with E-state index in [0.29, 0.717) is 11.6 Å². The number of nitrogens with zero attached hydrogens (tertiary/aromatic N) is 4. The minimum Gasteiger partial charge on any atom is -0.485 e. The van der Waals surface area contributed by atoms with Crippen molar-refractivity contribution in [3.63, 3.8) is 0 Å². The highest BCUT2D eigenvalue weighted by Crippen LogP contribution is 2.21. The third kappa shape index (κ3) is 2.62. The molecule has 0 spiro atoms. The number of aromatic carboxylic acids is 1. The Hall–Kier alpha value is -2.44. The Morgan fingerprint density at radius 1 is 1.50 bits per heavy atom. The number of ether oxygens (including phenoxy) is 1. The molecular formula is C11H12N4O3. The summed E-state index contributed by atoms with van der Waals surface area (Å²) < 4.78 is 5.42. The van der Waals surface area contributed by atoms with E-state index in [1.807, 2.05) is 6.92 Å². The van der Waals surface area contributed by atoms with Crippen molar-refractivity contribution in [1.82, 2.24) is 20.2 Å². The largest absolute Gasteiger partial charge is 0.485 e. The summed E-state index contributed by atoms with van der Waals surface area (Å²) in [5, 5.41) is 20.4. The molecule has 94 valence electrons. The molecule has 1 N–H and O–H groups in total. The van der Waals surface area contributed by atoms with Crippen LogP contribution in [0.15, 0.2) is 18.2 Å². The van der Waals surface area contributed by atoms with Crippen LogP contribution >= 0.6 is 0 Å². The van der Waals surface area contributed by atoms with Crippen molar-refractivity contribution < 1.29 is 14.6 Å². The van der Waals surface area contributed by atoms with Gasteiger partial charge in [-0.25, -0.2) is 4.79 Å². The van der Waals surface area contributed by atoms with E-state index in [9.17, 15) is 4.79 Å². The van der Waals surface area contributed by atoms with E-state index in [-0.39, 0.29) is 12.2 Å². The Balaban J connectivity index is 2.17. The molecule has 7 heteroatoms. The third-order valence-electron chi connectivity index (χ3n) is 2.27. The molecule has 0 unspecified atom stereocenters. The minimum absolute atomic E-state index is 0.0809. The first kappa shape index (κ1) is 12.0. The lowest BCUT2D eigenvalue weighted by atomic mass is 10.1. The van der Waals surface area contributed by atoms with Crippen molar-refractivity contribution in [3.8, 4) is 5.75 Å². The zero-order valence-corrected chi connectivity index (χ0v) is 9.99. The summed E-state index contributed by atoms with van der Waals surface area (Å²) in [6.45, 7) is 1.94. The SMILES string of the molecule is Cc1ccc(C(=O)O)c(OCc2nnn(C)n2)c1. The summed E-state index contributed by atoms with van der Waals surface area (Å²) in [6, 6.07) is 4.90. The van der Waals surface area contributed by atoms with Gasteiger partial charge in [0, 0.05) is 0 Å². The molecular weight excluding hydrogens is 236 g/mol. The van der Waals surface area contributed by atoms with Gasteiger partial charge >= 0.3 is 5.97 Å². The van der Waals surface area contributed by atoms with Gasteiger partial charge in [-0.2, -0.15) is 4.80 Å². The molecule has 0 amide bonds. The van der Waals surface area contributed by atoms with E-state index < -0.39 is 5.97 Å². The second kappa shape index (κ2) is 4.82. The number of hydrogen-bond donors (Lipinski definition) is 1. The molecule has 0 saturated heterocycles. The lowest BCUT2D eigenvalue weighted by molar-refractivity contribution is 0.0691. The van der Waals surface area contributed by atoms with Crippen LogP contribution in [-0.2, 0) is 13.7 Å². The quantitative estimate of drug-likeness (QED) is 0.860. The molecule has 0 aliphatic rings. The highest BCUT2D eigenvalue weighted by atomic mass is 16.5. The maximum Gasteiger partial charge on any atom is 0.339 e. The standard InChI is InChI=1S/C11H12N4O3/c1-7-3-4-8(11(16)17)9(5-7)18-6-10-12-14-15(2)13-10/h3-5H,6H2,1-2H3,(H,16,17). The second-order valence-electron chi connectivity index (χ2n) is 3.79. The lowest BCUT2D eigenvalue weighted by Gasteiger charge is -2.07. The average molecular weight is 248 g/mol. The fourth-order valence-electron chi connectivity index (χ4n) is 1.45. The van der Waals surface area contributed by atoms with E-state index in [0.717, 1.165) is 5.56 Å². The number of carboxylic acid groups (broad SMARTS) is 1. The van der Waals surface area contributed by atoms with Crippen molar-refractivity contribution in [3.05, 3.63) is 35.2 Å². The second-order valence-corrected chi connectivity index (χ2v) is 3.79. The molecule has 18 heavy (non-hydrogen) atoms. The highest BCUT2D eigenvalue weighted by Gasteiger charge is 2.12. The van der Waals surface area contributed by atoms with Crippen LogP contribution in [0.25, 0.3) is 0 Å². The van der Waals surface area contributed by atoms with Crippen LogP contribution in [0.1, 0.15) is 21.7 Å². The summed E-state index contributed by atoms with van der Waals surface area (Å²) in [6.07, 6.45) is 0. The van der Waals surface area contributed by atoms with Gasteiger partial charge in [-0.1, -0.05) is 6.07 Å². The summed E-state index contributed by atoms with van der Waals surface area (Å²) in [5.41, 5.74) is 1.03. The van der Waals surface area contributed by atoms with Crippen LogP contribution < -0.4 is 4.74 Å². The number of rotatable bonds is 4. The zero-order valence-electron chi connectivity index (χ0n) is 9.99. The molecule has 0 aliphatic carbocycles. The number of aryl methyl sites for hydroxylation is 2. The molecule has 0 aliphatic heterocycles. The summed E-state index contributed by atoms with van der Waals surface area (Å²) in [4.78, 5) is 12.3. The van der Waals surface area contributed by atoms with Gasteiger partial charge in [-0.15, -0.1) is 10.2 Å². The van der Waals surface area contributed by atoms with Crippen LogP contribution in [-0.4, -0.2) is 31.3 Å². The normalized spacial score (nSPS) is 10.3. The van der Waals surface area contributed by atoms with E-state index in [4.69, 9.17) is 9.84 Å². The number of benzene rings is 1. The van der Waals surface area contributed by atoms with Crippen molar-refractivity contribution in [2.75, 3.05) is 0 Å². The molecule has 0 fully saturated rings. The molecule has 1 heterocycles. The fourth-order valence-corrected chi connectivity index (χ4v) is 1.45. The van der Waals surface area contributed by atoms with Gasteiger partial charge in [-0.3, -0.25) is 0 Å². The number of hydrogen-bond acceptors (Lipinski definition) is 5. The molecule has 0 radical (unpaired) electrons. The highest BCUT2D eigenvalue weighted by molar-refractivity contribution is 5.90. The number of aromatic nitrogens is 4. The molecule has 2 rings (SSSR count). The molecule has 1 aromatic carbocycles. The van der Waals surface area contributed by atoms with Gasteiger partial charge in [0.15, 0.2) is 6.61 Å². The minimum atomic E-state index is -1.03. The third-order valence-corrected chi connectivity index (χ3v) is 2.27. The molecule has 7 nitrogen and oxygen atoms in total. The van der Waals surface area contributed by atoms with E-state index in [1.54, 1.807) is 19.2 Å². The first-order valence-corrected chi connectivity index (χ1v) is 5.26. The molecule has 2 aromatic rings. The predicted molar refractivity (Wildman–Crippen MR) is 61.3 cm³/mol. The van der Waals surface area contributed by atoms with E-state index >= 15 is 0 Å². The Morgan fingerprint density at radius 3 is 2.89 bits per heavy atom. The molecule has 0 saturated carbocycles. The van der Waals surface area contributed by atoms with Gasteiger partial charge in [0.05, 0.1) is 7.05 Å². The van der Waals surface area contributed by atoms with Crippen LogP contribution in [0.5, 0.6) is 5.75 Å². The first-order chi connectivity index (χ1) is 8.56. The van der Waals surface area contributed by atoms with Crippen molar-refractivity contribution >= 4 is 5.97 Å². The van der Waals surface area contributed by atoms with Crippen molar-refractivity contribution in [2.24, 2.45) is 7.05 Å². The van der Waals surface area contributed by atoms with Crippen LogP contribution in [0.3, 0.4) is 0 Å². The van der Waals surface area contributed by atoms with Crippen LogP contribution in [0.2, 0.25) is 0 Å². The Morgan fingerprint density at radius 2 is 2.28 bits per heavy atom. The number of carboxylic acids is 1. The number of tetrazole rings is 1. The number of carbonyl (C=O) groups is 1. The zero-order chi connectivity index (χ0) is 13.1. The van der Waals surface area contributed by atoms with Gasteiger partial charge in [0.2, 0.25) is 5.82 Å². The topological polar surface area (TPSA) is 90.1 Å². The Labute approximate surface area is 103 Å². The molecule has 1 aromatic heterocycles. The van der Waals surface area contributed by atoms with Gasteiger partial charge in [-0.05, 0) is 29.8 Å². The molecule has 0 atom stereocenters.